The van der Waals surface area contributed by atoms with Gasteiger partial charge in [0.15, 0.2) is 0 Å². The minimum Gasteiger partial charge on any atom is -0.490 e. The van der Waals surface area contributed by atoms with Gasteiger partial charge in [0.1, 0.15) is 34.0 Å². The molecule has 5 rings (SSSR count). The summed E-state index contributed by atoms with van der Waals surface area (Å²) in [4.78, 5) is 21.5. The lowest BCUT2D eigenvalue weighted by Gasteiger charge is -2.33. The summed E-state index contributed by atoms with van der Waals surface area (Å²) in [5.41, 5.74) is 3.85. The molecule has 0 unspecified atom stereocenters. The Hall–Kier alpha value is -3.01. The van der Waals surface area contributed by atoms with Crippen molar-refractivity contribution >= 4 is 27.1 Å². The van der Waals surface area contributed by atoms with Gasteiger partial charge in [0.2, 0.25) is 11.8 Å². The summed E-state index contributed by atoms with van der Waals surface area (Å²) in [5, 5.41) is 0. The average Bonchev–Trinajstić information content (AvgIpc) is 3.33. The monoisotopic (exact) mass is 515 g/mol. The van der Waals surface area contributed by atoms with Crippen LogP contribution in [0.4, 0.5) is 11.4 Å². The molecule has 0 bridgehead atoms. The van der Waals surface area contributed by atoms with Crippen molar-refractivity contribution < 1.29 is 27.4 Å². The van der Waals surface area contributed by atoms with E-state index < -0.39 is 9.84 Å². The molecule has 10 heteroatoms. The predicted molar refractivity (Wildman–Crippen MR) is 136 cm³/mol. The largest absolute Gasteiger partial charge is 0.490 e. The Kier molecular flexibility index (Phi) is 6.72. The van der Waals surface area contributed by atoms with Gasteiger partial charge >= 0.3 is 0 Å². The number of pyridine rings is 1. The summed E-state index contributed by atoms with van der Waals surface area (Å²) in [7, 11) is -1.37. The Labute approximate surface area is 212 Å². The topological polar surface area (TPSA) is 98.3 Å². The summed E-state index contributed by atoms with van der Waals surface area (Å²) in [6.45, 7) is 6.40. The van der Waals surface area contributed by atoms with E-state index in [-0.39, 0.29) is 29.4 Å². The van der Waals surface area contributed by atoms with Crippen LogP contribution in [-0.4, -0.2) is 75.2 Å². The third-order valence-electron chi connectivity index (χ3n) is 7.36. The number of aryl methyl sites for hydroxylation is 1. The van der Waals surface area contributed by atoms with E-state index in [0.29, 0.717) is 45.0 Å². The van der Waals surface area contributed by atoms with Crippen molar-refractivity contribution in [1.29, 1.82) is 0 Å². The molecular formula is C26H33N3O6S. The average molecular weight is 516 g/mol. The molecule has 1 amide bonds. The number of benzene rings is 1. The smallest absolute Gasteiger partial charge is 0.225 e. The molecule has 0 radical (unpaired) electrons. The molecule has 2 aromatic rings. The first-order valence-electron chi connectivity index (χ1n) is 12.5. The number of ether oxygens (including phenoxy) is 3. The number of nitrogens with zero attached hydrogens (tertiary/aromatic N) is 3. The minimum absolute atomic E-state index is 0.0557. The second-order valence-corrected chi connectivity index (χ2v) is 12.1. The highest BCUT2D eigenvalue weighted by atomic mass is 32.2. The van der Waals surface area contributed by atoms with Crippen molar-refractivity contribution in [3.63, 3.8) is 0 Å². The van der Waals surface area contributed by atoms with Gasteiger partial charge in [0.25, 0.3) is 0 Å². The van der Waals surface area contributed by atoms with E-state index in [4.69, 9.17) is 14.2 Å². The van der Waals surface area contributed by atoms with Gasteiger partial charge in [-0.25, -0.2) is 13.4 Å². The van der Waals surface area contributed by atoms with E-state index in [1.54, 1.807) is 7.11 Å². The molecule has 0 spiro atoms. The van der Waals surface area contributed by atoms with Crippen LogP contribution in [0.15, 0.2) is 24.4 Å². The third-order valence-corrected chi connectivity index (χ3v) is 9.08. The summed E-state index contributed by atoms with van der Waals surface area (Å²) < 4.78 is 41.1. The molecular weight excluding hydrogens is 482 g/mol. The standard InChI is InChI=1S/C26H33N3O6S/c1-17-14-20(15-27-25(17)33-3)29-10-11-34-23-5-4-22(18(2)24(23)29)35-21-6-9-28(16-21)26(30)19-7-12-36(31,32)13-8-19/h4-5,14-15,19,21H,6-13,16H2,1-3H3/t21-/m0/s1. The summed E-state index contributed by atoms with van der Waals surface area (Å²) in [5.74, 6) is 2.24. The number of rotatable bonds is 5. The number of fused-ring (bicyclic) bond motifs is 1. The number of likely N-dealkylation sites (tertiary alicyclic amines) is 1. The minimum atomic E-state index is -2.99. The van der Waals surface area contributed by atoms with Crippen LogP contribution < -0.4 is 19.1 Å². The van der Waals surface area contributed by atoms with E-state index >= 15 is 0 Å². The van der Waals surface area contributed by atoms with Crippen LogP contribution in [0.2, 0.25) is 0 Å². The fraction of sp³-hybridized carbons (Fsp3) is 0.538. The molecule has 0 aliphatic carbocycles. The highest BCUT2D eigenvalue weighted by Crippen LogP contribution is 2.43. The molecule has 194 valence electrons. The second-order valence-electron chi connectivity index (χ2n) is 9.79. The van der Waals surface area contributed by atoms with Gasteiger partial charge in [0, 0.05) is 30.0 Å². The van der Waals surface area contributed by atoms with Gasteiger partial charge in [-0.2, -0.15) is 0 Å². The van der Waals surface area contributed by atoms with Gasteiger partial charge in [-0.1, -0.05) is 0 Å². The molecule has 3 aliphatic rings. The number of sulfone groups is 1. The lowest BCUT2D eigenvalue weighted by Crippen LogP contribution is -2.39. The molecule has 4 heterocycles. The number of aromatic nitrogens is 1. The Balaban J connectivity index is 1.30. The van der Waals surface area contributed by atoms with Gasteiger partial charge in [0.05, 0.1) is 49.3 Å². The van der Waals surface area contributed by atoms with Crippen LogP contribution in [0.25, 0.3) is 0 Å². The molecule has 1 atom stereocenters. The predicted octanol–water partition coefficient (Wildman–Crippen LogP) is 3.04. The first kappa shape index (κ1) is 24.7. The Bertz CT molecular complexity index is 1250. The van der Waals surface area contributed by atoms with E-state index in [9.17, 15) is 13.2 Å². The van der Waals surface area contributed by atoms with E-state index in [2.05, 4.69) is 16.0 Å². The number of methoxy groups -OCH3 is 1. The summed E-state index contributed by atoms with van der Waals surface area (Å²) in [6.07, 6.45) is 3.28. The zero-order valence-corrected chi connectivity index (χ0v) is 21.8. The Morgan fingerprint density at radius 2 is 1.92 bits per heavy atom. The van der Waals surface area contributed by atoms with E-state index in [1.807, 2.05) is 37.1 Å². The van der Waals surface area contributed by atoms with Gasteiger partial charge in [-0.05, 0) is 44.9 Å². The molecule has 1 aromatic heterocycles. The Morgan fingerprint density at radius 1 is 1.14 bits per heavy atom. The zero-order chi connectivity index (χ0) is 25.4. The van der Waals surface area contributed by atoms with Crippen LogP contribution in [0, 0.1) is 19.8 Å². The fourth-order valence-corrected chi connectivity index (χ4v) is 6.85. The number of hydrogen-bond donors (Lipinski definition) is 0. The van der Waals surface area contributed by atoms with Gasteiger partial charge in [-0.3, -0.25) is 4.79 Å². The number of carbonyl (C=O) groups is 1. The number of hydrogen-bond acceptors (Lipinski definition) is 8. The van der Waals surface area contributed by atoms with Crippen molar-refractivity contribution in [2.45, 2.75) is 39.2 Å². The quantitative estimate of drug-likeness (QED) is 0.599. The molecule has 0 N–H and O–H groups in total. The fourth-order valence-electron chi connectivity index (χ4n) is 5.36. The first-order chi connectivity index (χ1) is 17.3. The maximum absolute atomic E-state index is 13.0. The van der Waals surface area contributed by atoms with Crippen LogP contribution in [0.1, 0.15) is 30.4 Å². The van der Waals surface area contributed by atoms with Crippen LogP contribution >= 0.6 is 0 Å². The molecule has 2 saturated heterocycles. The lowest BCUT2D eigenvalue weighted by atomic mass is 10.0. The molecule has 36 heavy (non-hydrogen) atoms. The Morgan fingerprint density at radius 3 is 2.64 bits per heavy atom. The van der Waals surface area contributed by atoms with E-state index in [1.165, 1.54) is 0 Å². The van der Waals surface area contributed by atoms with Gasteiger partial charge < -0.3 is 24.0 Å². The van der Waals surface area contributed by atoms with Crippen molar-refractivity contribution in [3.05, 3.63) is 35.5 Å². The molecule has 9 nitrogen and oxygen atoms in total. The van der Waals surface area contributed by atoms with Gasteiger partial charge in [-0.15, -0.1) is 0 Å². The molecule has 1 aromatic carbocycles. The van der Waals surface area contributed by atoms with Crippen LogP contribution in [-0.2, 0) is 14.6 Å². The zero-order valence-electron chi connectivity index (χ0n) is 21.0. The summed E-state index contributed by atoms with van der Waals surface area (Å²) >= 11 is 0. The maximum atomic E-state index is 13.0. The van der Waals surface area contributed by atoms with Crippen molar-refractivity contribution in [2.24, 2.45) is 5.92 Å². The second kappa shape index (κ2) is 9.80. The molecule has 2 fully saturated rings. The van der Waals surface area contributed by atoms with Crippen LogP contribution in [0.5, 0.6) is 17.4 Å². The highest BCUT2D eigenvalue weighted by molar-refractivity contribution is 7.91. The molecule has 3 aliphatic heterocycles. The van der Waals surface area contributed by atoms with Crippen molar-refractivity contribution in [3.8, 4) is 17.4 Å². The van der Waals surface area contributed by atoms with Crippen molar-refractivity contribution in [2.75, 3.05) is 49.8 Å². The number of anilines is 2. The molecule has 0 saturated carbocycles. The number of carbonyl (C=O) groups excluding carboxylic acids is 1. The first-order valence-corrected chi connectivity index (χ1v) is 14.3. The lowest BCUT2D eigenvalue weighted by molar-refractivity contribution is -0.135. The number of amides is 1. The maximum Gasteiger partial charge on any atom is 0.225 e. The normalized spacial score (nSPS) is 21.6. The van der Waals surface area contributed by atoms with Crippen LogP contribution in [0.3, 0.4) is 0 Å². The SMILES string of the molecule is COc1ncc(N2CCOc3ccc(O[C@H]4CCN(C(=O)C5CCS(=O)(=O)CC5)C4)c(C)c32)cc1C. The third kappa shape index (κ3) is 4.83. The van der Waals surface area contributed by atoms with E-state index in [0.717, 1.165) is 40.4 Å². The summed E-state index contributed by atoms with van der Waals surface area (Å²) in [6, 6.07) is 5.94. The van der Waals surface area contributed by atoms with Crippen molar-refractivity contribution in [1.82, 2.24) is 9.88 Å². The highest BCUT2D eigenvalue weighted by Gasteiger charge is 2.35.